The van der Waals surface area contributed by atoms with Crippen molar-refractivity contribution in [2.75, 3.05) is 46.6 Å². The van der Waals surface area contributed by atoms with Crippen LogP contribution < -0.4 is 0 Å². The molecule has 1 amide bonds. The molecule has 7 aliphatic rings. The van der Waals surface area contributed by atoms with Gasteiger partial charge >= 0.3 is 0 Å². The maximum Gasteiger partial charge on any atom is 0.225 e. The fourth-order valence-electron chi connectivity index (χ4n) is 14.4. The van der Waals surface area contributed by atoms with Gasteiger partial charge in [0.25, 0.3) is 0 Å². The standard InChI is InChI=1S/C42H71NO4/c1-28-11-16-40(5)34(38(28,2)3)13-18-42(7)35(40)10-9-32-36-30(12-17-41(32,42)6)31(27-33(36)39(4)19-20-39)37(44)43-21-14-29(15-22-43)47-26-25-46-24-23-45-8/h28-36H,9-27H2,1-8H3/t28-,30?,31+,32+,33+,34-,35+,36-,40-,41+,42+/m0/s1. The summed E-state index contributed by atoms with van der Waals surface area (Å²) in [6.45, 7) is 22.9. The Labute approximate surface area is 288 Å². The Bertz CT molecular complexity index is 1140. The van der Waals surface area contributed by atoms with E-state index in [1.54, 1.807) is 7.11 Å². The molecule has 11 atom stereocenters. The quantitative estimate of drug-likeness (QED) is 0.233. The molecule has 5 nitrogen and oxygen atoms in total. The summed E-state index contributed by atoms with van der Waals surface area (Å²) < 4.78 is 16.8. The number of fused-ring (bicyclic) bond motifs is 7. The first kappa shape index (κ1) is 34.8. The van der Waals surface area contributed by atoms with Gasteiger partial charge in [-0.05, 0) is 152 Å². The van der Waals surface area contributed by atoms with E-state index < -0.39 is 0 Å². The lowest BCUT2D eigenvalue weighted by molar-refractivity contribution is -0.236. The van der Waals surface area contributed by atoms with Gasteiger partial charge in [-0.3, -0.25) is 4.79 Å². The van der Waals surface area contributed by atoms with Crippen molar-refractivity contribution in [1.82, 2.24) is 4.90 Å². The van der Waals surface area contributed by atoms with E-state index in [1.807, 2.05) is 0 Å². The Hall–Kier alpha value is -0.650. The van der Waals surface area contributed by atoms with E-state index in [1.165, 1.54) is 70.6 Å². The second-order valence-electron chi connectivity index (χ2n) is 19.8. The number of rotatable bonds is 9. The number of amides is 1. The molecule has 7 fully saturated rings. The zero-order valence-electron chi connectivity index (χ0n) is 31.7. The summed E-state index contributed by atoms with van der Waals surface area (Å²) in [5, 5.41) is 0. The van der Waals surface area contributed by atoms with Crippen molar-refractivity contribution in [3.05, 3.63) is 0 Å². The van der Waals surface area contributed by atoms with E-state index in [2.05, 4.69) is 53.4 Å². The summed E-state index contributed by atoms with van der Waals surface area (Å²) in [5.41, 5.74) is 2.25. The van der Waals surface area contributed by atoms with Crippen molar-refractivity contribution in [3.63, 3.8) is 0 Å². The van der Waals surface area contributed by atoms with Gasteiger partial charge in [0.05, 0.1) is 32.5 Å². The van der Waals surface area contributed by atoms with Crippen LogP contribution in [0.2, 0.25) is 0 Å². The third-order valence-corrected chi connectivity index (χ3v) is 18.0. The molecular weight excluding hydrogens is 582 g/mol. The Morgan fingerprint density at radius 2 is 1.43 bits per heavy atom. The Morgan fingerprint density at radius 1 is 0.723 bits per heavy atom. The first-order valence-electron chi connectivity index (χ1n) is 20.3. The number of hydrogen-bond donors (Lipinski definition) is 0. The number of carbonyl (C=O) groups excluding carboxylic acids is 1. The number of carbonyl (C=O) groups is 1. The summed E-state index contributed by atoms with van der Waals surface area (Å²) in [6.07, 6.45) is 17.3. The number of nitrogens with zero attached hydrogens (tertiary/aromatic N) is 1. The number of hydrogen-bond acceptors (Lipinski definition) is 4. The zero-order chi connectivity index (χ0) is 33.4. The molecule has 0 aromatic rings. The number of piperidine rings is 1. The average Bonchev–Trinajstić information content (AvgIpc) is 3.67. The lowest BCUT2D eigenvalue weighted by Gasteiger charge is -2.72. The molecule has 6 saturated carbocycles. The van der Waals surface area contributed by atoms with Gasteiger partial charge in [0, 0.05) is 26.1 Å². The van der Waals surface area contributed by atoms with Gasteiger partial charge < -0.3 is 19.1 Å². The highest BCUT2D eigenvalue weighted by Crippen LogP contribution is 2.78. The Morgan fingerprint density at radius 3 is 2.13 bits per heavy atom. The summed E-state index contributed by atoms with van der Waals surface area (Å²) in [5.74, 6) is 6.19. The molecule has 1 aliphatic heterocycles. The van der Waals surface area contributed by atoms with Gasteiger partial charge in [0.2, 0.25) is 5.91 Å². The molecule has 47 heavy (non-hydrogen) atoms. The molecule has 0 spiro atoms. The molecule has 0 N–H and O–H groups in total. The number of likely N-dealkylation sites (tertiary alicyclic amines) is 1. The van der Waals surface area contributed by atoms with Crippen molar-refractivity contribution in [2.45, 2.75) is 138 Å². The highest BCUT2D eigenvalue weighted by atomic mass is 16.5. The SMILES string of the molecule is COCCOCCOC1CCN(C(=O)[C@@H]2C[C@@H](C3(C)CC3)[C@H]3C2CC[C@]2(C)[C@@H]3CC[C@@H]3[C@@]4(C)CC[C@H](C)C(C)(C)[C@@H]4CC[C@]32C)CC1. The number of ether oxygens (including phenoxy) is 3. The van der Waals surface area contributed by atoms with Crippen molar-refractivity contribution in [2.24, 2.45) is 74.4 Å². The molecule has 0 radical (unpaired) electrons. The van der Waals surface area contributed by atoms with E-state index in [0.717, 1.165) is 61.4 Å². The van der Waals surface area contributed by atoms with Crippen molar-refractivity contribution in [1.29, 1.82) is 0 Å². The van der Waals surface area contributed by atoms with Crippen LogP contribution in [-0.2, 0) is 19.0 Å². The Kier molecular flexibility index (Phi) is 9.28. The van der Waals surface area contributed by atoms with E-state index >= 15 is 0 Å². The average molecular weight is 654 g/mol. The fourth-order valence-corrected chi connectivity index (χ4v) is 14.4. The predicted molar refractivity (Wildman–Crippen MR) is 189 cm³/mol. The van der Waals surface area contributed by atoms with E-state index in [9.17, 15) is 4.79 Å². The van der Waals surface area contributed by atoms with Crippen LogP contribution in [0.15, 0.2) is 0 Å². The lowest BCUT2D eigenvalue weighted by atomic mass is 9.32. The van der Waals surface area contributed by atoms with E-state index in [0.29, 0.717) is 65.3 Å². The maximum atomic E-state index is 14.5. The molecule has 5 heteroatoms. The third kappa shape index (κ3) is 5.51. The summed E-state index contributed by atoms with van der Waals surface area (Å²) in [6, 6.07) is 0. The predicted octanol–water partition coefficient (Wildman–Crippen LogP) is 9.03. The number of methoxy groups -OCH3 is 1. The van der Waals surface area contributed by atoms with Crippen LogP contribution in [0.4, 0.5) is 0 Å². The van der Waals surface area contributed by atoms with Crippen molar-refractivity contribution < 1.29 is 19.0 Å². The van der Waals surface area contributed by atoms with Gasteiger partial charge in [-0.15, -0.1) is 0 Å². The largest absolute Gasteiger partial charge is 0.382 e. The fraction of sp³-hybridized carbons (Fsp3) is 0.976. The monoisotopic (exact) mass is 654 g/mol. The maximum absolute atomic E-state index is 14.5. The van der Waals surface area contributed by atoms with Gasteiger partial charge in [-0.25, -0.2) is 0 Å². The minimum atomic E-state index is 0.248. The smallest absolute Gasteiger partial charge is 0.225 e. The van der Waals surface area contributed by atoms with Crippen LogP contribution in [0.1, 0.15) is 132 Å². The minimum Gasteiger partial charge on any atom is -0.382 e. The van der Waals surface area contributed by atoms with Gasteiger partial charge in [0.15, 0.2) is 0 Å². The molecule has 0 bridgehead atoms. The zero-order valence-corrected chi connectivity index (χ0v) is 31.7. The Balaban J connectivity index is 1.06. The van der Waals surface area contributed by atoms with E-state index in [-0.39, 0.29) is 12.0 Å². The molecule has 0 aromatic heterocycles. The highest BCUT2D eigenvalue weighted by Gasteiger charge is 2.71. The molecule has 268 valence electrons. The topological polar surface area (TPSA) is 48.0 Å². The van der Waals surface area contributed by atoms with Crippen LogP contribution in [0.5, 0.6) is 0 Å². The van der Waals surface area contributed by atoms with Crippen LogP contribution in [-0.4, -0.2) is 63.5 Å². The van der Waals surface area contributed by atoms with Crippen LogP contribution in [0.25, 0.3) is 0 Å². The summed E-state index contributed by atoms with van der Waals surface area (Å²) >= 11 is 0. The van der Waals surface area contributed by atoms with Crippen LogP contribution in [0, 0.1) is 74.4 Å². The second-order valence-corrected chi connectivity index (χ2v) is 19.8. The first-order chi connectivity index (χ1) is 22.3. The van der Waals surface area contributed by atoms with Crippen molar-refractivity contribution >= 4 is 5.91 Å². The van der Waals surface area contributed by atoms with Crippen LogP contribution >= 0.6 is 0 Å². The summed E-state index contributed by atoms with van der Waals surface area (Å²) in [4.78, 5) is 16.7. The molecular formula is C42H71NO4. The van der Waals surface area contributed by atoms with Crippen LogP contribution in [0.3, 0.4) is 0 Å². The van der Waals surface area contributed by atoms with Gasteiger partial charge in [0.1, 0.15) is 0 Å². The second kappa shape index (κ2) is 12.5. The molecule has 1 saturated heterocycles. The minimum absolute atomic E-state index is 0.248. The highest BCUT2D eigenvalue weighted by molar-refractivity contribution is 5.80. The first-order valence-corrected chi connectivity index (χ1v) is 20.3. The third-order valence-electron chi connectivity index (χ3n) is 18.0. The van der Waals surface area contributed by atoms with Crippen molar-refractivity contribution in [3.8, 4) is 0 Å². The molecule has 1 unspecified atom stereocenters. The molecule has 0 aromatic carbocycles. The van der Waals surface area contributed by atoms with Gasteiger partial charge in [-0.1, -0.05) is 48.5 Å². The van der Waals surface area contributed by atoms with Gasteiger partial charge in [-0.2, -0.15) is 0 Å². The normalized spacial score (nSPS) is 47.0. The molecule has 1 heterocycles. The summed E-state index contributed by atoms with van der Waals surface area (Å²) in [7, 11) is 1.70. The lowest BCUT2D eigenvalue weighted by Crippen LogP contribution is -2.65. The van der Waals surface area contributed by atoms with E-state index in [4.69, 9.17) is 14.2 Å². The molecule has 6 aliphatic carbocycles. The molecule has 7 rings (SSSR count).